The lowest BCUT2D eigenvalue weighted by Crippen LogP contribution is -2.22. The van der Waals surface area contributed by atoms with Crippen molar-refractivity contribution in [2.24, 2.45) is 0 Å². The second kappa shape index (κ2) is 3.63. The van der Waals surface area contributed by atoms with Gasteiger partial charge in [-0.2, -0.15) is 0 Å². The largest absolute Gasteiger partial charge is 0.336 e. The zero-order valence-electron chi connectivity index (χ0n) is 7.05. The topological polar surface area (TPSA) is 54.0 Å². The number of carbonyl (C=O) groups is 1. The predicted molar refractivity (Wildman–Crippen MR) is 53.5 cm³/mol. The Morgan fingerprint density at radius 1 is 1.36 bits per heavy atom. The van der Waals surface area contributed by atoms with Crippen molar-refractivity contribution in [3.63, 3.8) is 0 Å². The zero-order valence-corrected chi connectivity index (χ0v) is 8.56. The van der Waals surface area contributed by atoms with Gasteiger partial charge in [-0.1, -0.05) is 23.2 Å². The molecule has 0 spiro atoms. The molecule has 2 rings (SSSR count). The summed E-state index contributed by atoms with van der Waals surface area (Å²) in [5.74, 6) is 0. The highest BCUT2D eigenvalue weighted by Crippen LogP contribution is 2.29. The molecule has 1 atom stereocenters. The van der Waals surface area contributed by atoms with Gasteiger partial charge in [-0.15, -0.1) is 0 Å². The molecule has 6 heteroatoms. The van der Waals surface area contributed by atoms with Crippen LogP contribution in [0.5, 0.6) is 0 Å². The summed E-state index contributed by atoms with van der Waals surface area (Å²) in [5.41, 5.74) is 0.710. The first kappa shape index (κ1) is 9.55. The summed E-state index contributed by atoms with van der Waals surface area (Å²) < 4.78 is 0. The number of halogens is 2. The van der Waals surface area contributed by atoms with Crippen LogP contribution in [-0.4, -0.2) is 17.6 Å². The van der Waals surface area contributed by atoms with Crippen molar-refractivity contribution >= 4 is 29.2 Å². The standard InChI is InChI=1S/C8H7Cl2N3O/c9-4-1-11-2-5(10)7(4)6-3-12-8(14)13-6/h1-2,6H,3H2,(H2,12,13,14)/t6-/m0/s1. The van der Waals surface area contributed by atoms with Gasteiger partial charge in [0.25, 0.3) is 0 Å². The van der Waals surface area contributed by atoms with Crippen LogP contribution in [0.1, 0.15) is 11.6 Å². The second-order valence-electron chi connectivity index (χ2n) is 2.92. The van der Waals surface area contributed by atoms with Gasteiger partial charge in [0.2, 0.25) is 0 Å². The van der Waals surface area contributed by atoms with Crippen molar-refractivity contribution in [2.75, 3.05) is 6.54 Å². The number of hydrogen-bond donors (Lipinski definition) is 2. The van der Waals surface area contributed by atoms with Gasteiger partial charge in [0.05, 0.1) is 16.1 Å². The fourth-order valence-electron chi connectivity index (χ4n) is 1.38. The van der Waals surface area contributed by atoms with Crippen molar-refractivity contribution in [1.82, 2.24) is 15.6 Å². The molecule has 0 saturated carbocycles. The normalized spacial score (nSPS) is 20.4. The highest BCUT2D eigenvalue weighted by Gasteiger charge is 2.25. The maximum atomic E-state index is 10.9. The number of aromatic nitrogens is 1. The third kappa shape index (κ3) is 1.63. The summed E-state index contributed by atoms with van der Waals surface area (Å²) >= 11 is 11.9. The van der Waals surface area contributed by atoms with Gasteiger partial charge in [-0.3, -0.25) is 4.98 Å². The third-order valence-corrected chi connectivity index (χ3v) is 2.61. The van der Waals surface area contributed by atoms with E-state index in [-0.39, 0.29) is 12.1 Å². The number of pyridine rings is 1. The van der Waals surface area contributed by atoms with Gasteiger partial charge >= 0.3 is 6.03 Å². The molecule has 2 heterocycles. The van der Waals surface area contributed by atoms with Crippen LogP contribution in [0.15, 0.2) is 12.4 Å². The van der Waals surface area contributed by atoms with Gasteiger partial charge in [0.1, 0.15) is 0 Å². The first-order valence-electron chi connectivity index (χ1n) is 4.01. The van der Waals surface area contributed by atoms with Crippen LogP contribution in [0, 0.1) is 0 Å². The molecule has 4 nitrogen and oxygen atoms in total. The molecule has 2 N–H and O–H groups in total. The average Bonchev–Trinajstić information content (AvgIpc) is 2.51. The maximum Gasteiger partial charge on any atom is 0.315 e. The second-order valence-corrected chi connectivity index (χ2v) is 3.74. The molecule has 1 aromatic rings. The quantitative estimate of drug-likeness (QED) is 0.774. The van der Waals surface area contributed by atoms with Gasteiger partial charge < -0.3 is 10.6 Å². The molecule has 1 aliphatic rings. The summed E-state index contributed by atoms with van der Waals surface area (Å²) in [7, 11) is 0. The lowest BCUT2D eigenvalue weighted by atomic mass is 10.1. The minimum Gasteiger partial charge on any atom is -0.336 e. The predicted octanol–water partition coefficient (Wildman–Crippen LogP) is 1.74. The minimum atomic E-state index is -0.209. The Balaban J connectivity index is 2.36. The Morgan fingerprint density at radius 3 is 2.50 bits per heavy atom. The number of carbonyl (C=O) groups excluding carboxylic acids is 1. The number of urea groups is 1. The van der Waals surface area contributed by atoms with Crippen LogP contribution in [0.3, 0.4) is 0 Å². The summed E-state index contributed by atoms with van der Waals surface area (Å²) in [4.78, 5) is 14.8. The van der Waals surface area contributed by atoms with Crippen molar-refractivity contribution in [3.05, 3.63) is 28.0 Å². The molecular formula is C8H7Cl2N3O. The monoisotopic (exact) mass is 231 g/mol. The summed E-state index contributed by atoms with van der Waals surface area (Å²) in [6.45, 7) is 0.488. The van der Waals surface area contributed by atoms with E-state index in [9.17, 15) is 4.79 Å². The molecule has 0 aliphatic carbocycles. The fourth-order valence-corrected chi connectivity index (χ4v) is 2.01. The number of rotatable bonds is 1. The molecule has 1 aromatic heterocycles. The van der Waals surface area contributed by atoms with E-state index in [1.165, 1.54) is 12.4 Å². The van der Waals surface area contributed by atoms with E-state index in [2.05, 4.69) is 15.6 Å². The van der Waals surface area contributed by atoms with Crippen LogP contribution >= 0.6 is 23.2 Å². The molecule has 2 amide bonds. The van der Waals surface area contributed by atoms with Gasteiger partial charge in [-0.05, 0) is 0 Å². The molecular weight excluding hydrogens is 225 g/mol. The minimum absolute atomic E-state index is 0.175. The maximum absolute atomic E-state index is 10.9. The van der Waals surface area contributed by atoms with Crippen molar-refractivity contribution in [1.29, 1.82) is 0 Å². The SMILES string of the molecule is O=C1NC[C@@H](c2c(Cl)cncc2Cl)N1. The Labute approximate surface area is 90.6 Å². The van der Waals surface area contributed by atoms with Crippen LogP contribution in [0.25, 0.3) is 0 Å². The average molecular weight is 232 g/mol. The Kier molecular flexibility index (Phi) is 2.48. The van der Waals surface area contributed by atoms with E-state index in [1.54, 1.807) is 0 Å². The Bertz CT molecular complexity index is 363. The van der Waals surface area contributed by atoms with Gasteiger partial charge in [-0.25, -0.2) is 4.79 Å². The summed E-state index contributed by atoms with van der Waals surface area (Å²) in [5, 5.41) is 6.27. The first-order chi connectivity index (χ1) is 6.68. The molecule has 74 valence electrons. The van der Waals surface area contributed by atoms with Crippen molar-refractivity contribution < 1.29 is 4.79 Å². The zero-order chi connectivity index (χ0) is 10.1. The van der Waals surface area contributed by atoms with Crippen LogP contribution in [0.2, 0.25) is 10.0 Å². The van der Waals surface area contributed by atoms with Gasteiger partial charge in [0, 0.05) is 24.5 Å². The number of nitrogens with zero attached hydrogens (tertiary/aromatic N) is 1. The third-order valence-electron chi connectivity index (χ3n) is 2.01. The van der Waals surface area contributed by atoms with Crippen LogP contribution in [0.4, 0.5) is 4.79 Å². The van der Waals surface area contributed by atoms with E-state index in [1.807, 2.05) is 0 Å². The van der Waals surface area contributed by atoms with Crippen LogP contribution in [-0.2, 0) is 0 Å². The van der Waals surface area contributed by atoms with E-state index in [4.69, 9.17) is 23.2 Å². The molecule has 0 bridgehead atoms. The van der Waals surface area contributed by atoms with E-state index in [0.29, 0.717) is 22.2 Å². The van der Waals surface area contributed by atoms with Crippen LogP contribution < -0.4 is 10.6 Å². The van der Waals surface area contributed by atoms with E-state index < -0.39 is 0 Å². The smallest absolute Gasteiger partial charge is 0.315 e. The highest BCUT2D eigenvalue weighted by atomic mass is 35.5. The molecule has 1 saturated heterocycles. The lowest BCUT2D eigenvalue weighted by Gasteiger charge is -2.11. The molecule has 1 fully saturated rings. The van der Waals surface area contributed by atoms with Gasteiger partial charge in [0.15, 0.2) is 0 Å². The molecule has 0 radical (unpaired) electrons. The van der Waals surface area contributed by atoms with E-state index >= 15 is 0 Å². The molecule has 14 heavy (non-hydrogen) atoms. The summed E-state index contributed by atoms with van der Waals surface area (Å²) in [6.07, 6.45) is 3.01. The fraction of sp³-hybridized carbons (Fsp3) is 0.250. The first-order valence-corrected chi connectivity index (χ1v) is 4.77. The molecule has 1 aliphatic heterocycles. The number of hydrogen-bond acceptors (Lipinski definition) is 2. The Hall–Kier alpha value is -1.00. The number of amides is 2. The van der Waals surface area contributed by atoms with Crippen molar-refractivity contribution in [2.45, 2.75) is 6.04 Å². The van der Waals surface area contributed by atoms with Crippen molar-refractivity contribution in [3.8, 4) is 0 Å². The lowest BCUT2D eigenvalue weighted by molar-refractivity contribution is 0.247. The summed E-state index contributed by atoms with van der Waals surface area (Å²) in [6, 6.07) is -0.385. The highest BCUT2D eigenvalue weighted by molar-refractivity contribution is 6.35. The Morgan fingerprint density at radius 2 is 2.00 bits per heavy atom. The molecule has 0 unspecified atom stereocenters. The number of nitrogens with one attached hydrogen (secondary N) is 2. The molecule has 0 aromatic carbocycles. The van der Waals surface area contributed by atoms with E-state index in [0.717, 1.165) is 0 Å².